The maximum Gasteiger partial charge on any atom is 0.266 e. The van der Waals surface area contributed by atoms with Crippen LogP contribution in [0.2, 0.25) is 0 Å². The molecule has 2 fully saturated rings. The molecule has 2 aliphatic rings. The van der Waals surface area contributed by atoms with Gasteiger partial charge in [0.15, 0.2) is 0 Å². The average molecular weight is 504 g/mol. The third kappa shape index (κ3) is 5.24. The van der Waals surface area contributed by atoms with E-state index in [0.29, 0.717) is 22.4 Å². The van der Waals surface area contributed by atoms with E-state index in [4.69, 9.17) is 26.8 Å². The van der Waals surface area contributed by atoms with Crippen LogP contribution in [0.4, 0.5) is 0 Å². The first-order valence-corrected chi connectivity index (χ1v) is 12.7. The van der Waals surface area contributed by atoms with Gasteiger partial charge in [0.1, 0.15) is 16.7 Å². The van der Waals surface area contributed by atoms with Crippen molar-refractivity contribution in [3.05, 3.63) is 83.9 Å². The minimum Gasteiger partial charge on any atom is -0.490 e. The number of rotatable bonds is 8. The average Bonchev–Trinajstić information content (AvgIpc) is 3.61. The first kappa shape index (κ1) is 23.5. The molecule has 0 saturated carbocycles. The molecule has 0 aliphatic carbocycles. The van der Waals surface area contributed by atoms with Gasteiger partial charge in [0.2, 0.25) is 0 Å². The summed E-state index contributed by atoms with van der Waals surface area (Å²) < 4.78 is 13.7. The Morgan fingerprint density at radius 2 is 2.00 bits per heavy atom. The maximum atomic E-state index is 13.2. The second-order valence-corrected chi connectivity index (χ2v) is 9.94. The Labute approximate surface area is 214 Å². The van der Waals surface area contributed by atoms with E-state index < -0.39 is 0 Å². The van der Waals surface area contributed by atoms with E-state index in [1.54, 1.807) is 11.0 Å². The van der Waals surface area contributed by atoms with Crippen molar-refractivity contribution >= 4 is 40.3 Å². The summed E-state index contributed by atoms with van der Waals surface area (Å²) in [6, 6.07) is 17.6. The summed E-state index contributed by atoms with van der Waals surface area (Å²) >= 11 is 6.86. The Hall–Kier alpha value is -3.20. The molecule has 0 bridgehead atoms. The summed E-state index contributed by atoms with van der Waals surface area (Å²) in [6.07, 6.45) is 7.57. The highest BCUT2D eigenvalue weighted by Gasteiger charge is 2.35. The Bertz CT molecular complexity index is 1260. The van der Waals surface area contributed by atoms with Crippen LogP contribution in [0, 0.1) is 0 Å². The first-order valence-electron chi connectivity index (χ1n) is 11.5. The van der Waals surface area contributed by atoms with E-state index in [2.05, 4.69) is 6.58 Å². The topological polar surface area (TPSA) is 56.6 Å². The molecule has 2 aromatic carbocycles. The SMILES string of the molecule is C=CCOc1ccc(-c2nn(-c3ccccc3)cc2/C=C2\SC(=S)N(C[C@H]3CCCO3)C2=O)cc1. The second kappa shape index (κ2) is 10.6. The van der Waals surface area contributed by atoms with Crippen molar-refractivity contribution in [1.82, 2.24) is 14.7 Å². The van der Waals surface area contributed by atoms with Gasteiger partial charge < -0.3 is 9.47 Å². The van der Waals surface area contributed by atoms with Crippen LogP contribution in [-0.4, -0.2) is 50.8 Å². The number of thiocarbonyl (C=S) groups is 1. The van der Waals surface area contributed by atoms with Gasteiger partial charge in [0, 0.05) is 23.9 Å². The Morgan fingerprint density at radius 1 is 1.20 bits per heavy atom. The van der Waals surface area contributed by atoms with E-state index >= 15 is 0 Å². The molecule has 1 aromatic heterocycles. The molecule has 0 spiro atoms. The zero-order valence-corrected chi connectivity index (χ0v) is 20.8. The fourth-order valence-corrected chi connectivity index (χ4v) is 5.35. The van der Waals surface area contributed by atoms with E-state index in [0.717, 1.165) is 47.7 Å². The van der Waals surface area contributed by atoms with Crippen LogP contribution >= 0.6 is 24.0 Å². The van der Waals surface area contributed by atoms with Crippen molar-refractivity contribution in [1.29, 1.82) is 0 Å². The number of nitrogens with zero attached hydrogens (tertiary/aromatic N) is 3. The minimum atomic E-state index is -0.0814. The Morgan fingerprint density at radius 3 is 2.71 bits per heavy atom. The number of benzene rings is 2. The third-order valence-corrected chi connectivity index (χ3v) is 7.21. The van der Waals surface area contributed by atoms with Crippen LogP contribution in [0.15, 0.2) is 78.4 Å². The highest BCUT2D eigenvalue weighted by Crippen LogP contribution is 2.36. The Kier molecular flexibility index (Phi) is 7.13. The zero-order valence-electron chi connectivity index (χ0n) is 19.1. The summed E-state index contributed by atoms with van der Waals surface area (Å²) in [5, 5.41) is 4.86. The summed E-state index contributed by atoms with van der Waals surface area (Å²) in [5.41, 5.74) is 3.47. The molecule has 1 atom stereocenters. The van der Waals surface area contributed by atoms with Gasteiger partial charge in [-0.05, 0) is 55.3 Å². The van der Waals surface area contributed by atoms with E-state index in [-0.39, 0.29) is 12.0 Å². The van der Waals surface area contributed by atoms with E-state index in [9.17, 15) is 4.79 Å². The van der Waals surface area contributed by atoms with Gasteiger partial charge in [-0.15, -0.1) is 0 Å². The van der Waals surface area contributed by atoms with Crippen molar-refractivity contribution in [2.24, 2.45) is 0 Å². The molecule has 178 valence electrons. The van der Waals surface area contributed by atoms with Crippen LogP contribution in [-0.2, 0) is 9.53 Å². The van der Waals surface area contributed by atoms with Crippen molar-refractivity contribution in [2.45, 2.75) is 18.9 Å². The number of ether oxygens (including phenoxy) is 2. The predicted octanol–water partition coefficient (Wildman–Crippen LogP) is 5.48. The smallest absolute Gasteiger partial charge is 0.266 e. The number of carbonyl (C=O) groups excluding carboxylic acids is 1. The summed E-state index contributed by atoms with van der Waals surface area (Å²) in [4.78, 5) is 15.5. The van der Waals surface area contributed by atoms with E-state index in [1.807, 2.05) is 71.6 Å². The standard InChI is InChI=1S/C27H25N3O3S2/c1-2-14-32-22-12-10-19(11-13-22)25-20(17-30(28-25)21-7-4-3-5-8-21)16-24-26(31)29(27(34)35-24)18-23-9-6-15-33-23/h2-5,7-8,10-13,16-17,23H,1,6,9,14-15,18H2/b24-16-/t23-/m1/s1. The zero-order chi connectivity index (χ0) is 24.2. The number of para-hydroxylation sites is 1. The summed E-state index contributed by atoms with van der Waals surface area (Å²) in [6.45, 7) is 5.38. The van der Waals surface area contributed by atoms with Gasteiger partial charge in [0.05, 0.1) is 28.9 Å². The number of aromatic nitrogens is 2. The second-order valence-electron chi connectivity index (χ2n) is 8.26. The molecule has 3 aromatic rings. The molecule has 2 saturated heterocycles. The molecule has 5 rings (SSSR count). The molecule has 8 heteroatoms. The van der Waals surface area contributed by atoms with E-state index in [1.165, 1.54) is 11.8 Å². The van der Waals surface area contributed by atoms with Crippen molar-refractivity contribution in [2.75, 3.05) is 19.8 Å². The van der Waals surface area contributed by atoms with Crippen LogP contribution in [0.1, 0.15) is 18.4 Å². The van der Waals surface area contributed by atoms with Gasteiger partial charge in [-0.2, -0.15) is 5.10 Å². The molecule has 35 heavy (non-hydrogen) atoms. The number of amides is 1. The van der Waals surface area contributed by atoms with Crippen LogP contribution in [0.25, 0.3) is 23.0 Å². The fraction of sp³-hybridized carbons (Fsp3) is 0.222. The number of hydrogen-bond donors (Lipinski definition) is 0. The lowest BCUT2D eigenvalue weighted by molar-refractivity contribution is -0.123. The van der Waals surface area contributed by atoms with Gasteiger partial charge in [-0.3, -0.25) is 9.69 Å². The quantitative estimate of drug-likeness (QED) is 0.230. The number of hydrogen-bond acceptors (Lipinski definition) is 6. The predicted molar refractivity (Wildman–Crippen MR) is 144 cm³/mol. The van der Waals surface area contributed by atoms with Crippen molar-refractivity contribution < 1.29 is 14.3 Å². The van der Waals surface area contributed by atoms with Gasteiger partial charge in [-0.1, -0.05) is 54.8 Å². The van der Waals surface area contributed by atoms with Crippen LogP contribution in [0.5, 0.6) is 5.75 Å². The molecule has 1 amide bonds. The van der Waals surface area contributed by atoms with Gasteiger partial charge in [0.25, 0.3) is 5.91 Å². The monoisotopic (exact) mass is 503 g/mol. The molecular formula is C27H25N3O3S2. The summed E-state index contributed by atoms with van der Waals surface area (Å²) in [7, 11) is 0. The lowest BCUT2D eigenvalue weighted by Crippen LogP contribution is -2.35. The normalized spacial score (nSPS) is 19.0. The first-order chi connectivity index (χ1) is 17.1. The molecular weight excluding hydrogens is 478 g/mol. The van der Waals surface area contributed by atoms with Crippen LogP contribution in [0.3, 0.4) is 0 Å². The van der Waals surface area contributed by atoms with Crippen LogP contribution < -0.4 is 4.74 Å². The number of thioether (sulfide) groups is 1. The summed E-state index contributed by atoms with van der Waals surface area (Å²) in [5.74, 6) is 0.676. The fourth-order valence-electron chi connectivity index (χ4n) is 4.09. The van der Waals surface area contributed by atoms with Crippen molar-refractivity contribution in [3.8, 4) is 22.7 Å². The van der Waals surface area contributed by atoms with Gasteiger partial charge >= 0.3 is 0 Å². The number of carbonyl (C=O) groups is 1. The molecule has 0 unspecified atom stereocenters. The molecule has 2 aliphatic heterocycles. The third-order valence-electron chi connectivity index (χ3n) is 5.83. The van der Waals surface area contributed by atoms with Gasteiger partial charge in [-0.25, -0.2) is 4.68 Å². The minimum absolute atomic E-state index is 0.0510. The molecule has 3 heterocycles. The largest absolute Gasteiger partial charge is 0.490 e. The molecule has 0 N–H and O–H groups in total. The van der Waals surface area contributed by atoms with Crippen molar-refractivity contribution in [3.63, 3.8) is 0 Å². The molecule has 0 radical (unpaired) electrons. The highest BCUT2D eigenvalue weighted by molar-refractivity contribution is 8.26. The highest BCUT2D eigenvalue weighted by atomic mass is 32.2. The lowest BCUT2D eigenvalue weighted by Gasteiger charge is -2.18. The lowest BCUT2D eigenvalue weighted by atomic mass is 10.1. The maximum absolute atomic E-state index is 13.2. The molecule has 6 nitrogen and oxygen atoms in total. The Balaban J connectivity index is 1.48.